The van der Waals surface area contributed by atoms with Crippen LogP contribution < -0.4 is 5.32 Å². The highest BCUT2D eigenvalue weighted by molar-refractivity contribution is 6.03. The summed E-state index contributed by atoms with van der Waals surface area (Å²) in [6.07, 6.45) is 4.64. The van der Waals surface area contributed by atoms with Crippen molar-refractivity contribution in [1.82, 2.24) is 14.9 Å². The minimum Gasteiger partial charge on any atom is -0.361 e. The molecule has 2 aromatic heterocycles. The van der Waals surface area contributed by atoms with E-state index in [1.807, 2.05) is 70.3 Å². The fraction of sp³-hybridized carbons (Fsp3) is 0.276. The molecule has 6 heteroatoms. The van der Waals surface area contributed by atoms with Gasteiger partial charge in [0, 0.05) is 35.5 Å². The zero-order valence-electron chi connectivity index (χ0n) is 20.8. The molecule has 4 aromatic rings. The van der Waals surface area contributed by atoms with Gasteiger partial charge in [-0.05, 0) is 68.5 Å². The first kappa shape index (κ1) is 24.2. The van der Waals surface area contributed by atoms with Crippen LogP contribution in [0.1, 0.15) is 47.4 Å². The molecular weight excluding hydrogens is 436 g/mol. The molecule has 1 atom stereocenters. The molecule has 0 spiro atoms. The lowest BCUT2D eigenvalue weighted by Gasteiger charge is -2.39. The lowest BCUT2D eigenvalue weighted by atomic mass is 9.92. The first-order chi connectivity index (χ1) is 16.8. The molecule has 0 fully saturated rings. The summed E-state index contributed by atoms with van der Waals surface area (Å²) in [5.41, 5.74) is 4.17. The van der Waals surface area contributed by atoms with E-state index < -0.39 is 5.54 Å². The Morgan fingerprint density at radius 2 is 1.71 bits per heavy atom. The number of aromatic nitrogens is 2. The third-order valence-corrected chi connectivity index (χ3v) is 6.90. The maximum absolute atomic E-state index is 13.8. The average Bonchev–Trinajstić information content (AvgIpc) is 3.29. The van der Waals surface area contributed by atoms with Gasteiger partial charge in [0.25, 0.3) is 5.91 Å². The van der Waals surface area contributed by atoms with E-state index in [1.54, 1.807) is 29.3 Å². The molecule has 4 rings (SSSR count). The summed E-state index contributed by atoms with van der Waals surface area (Å²) < 4.78 is 0. The number of pyridine rings is 1. The number of benzene rings is 2. The number of H-pyrrole nitrogens is 1. The molecule has 6 nitrogen and oxygen atoms in total. The van der Waals surface area contributed by atoms with Crippen molar-refractivity contribution in [3.05, 3.63) is 95.4 Å². The summed E-state index contributed by atoms with van der Waals surface area (Å²) in [5, 5.41) is 4.24. The summed E-state index contributed by atoms with van der Waals surface area (Å²) in [6, 6.07) is 19.3. The number of carbonyl (C=O) groups is 2. The number of hydrogen-bond donors (Lipinski definition) is 2. The Labute approximate surface area is 206 Å². The Balaban J connectivity index is 1.68. The maximum atomic E-state index is 13.8. The molecular formula is C29H32N4O2. The van der Waals surface area contributed by atoms with Crippen molar-refractivity contribution in [2.75, 3.05) is 11.9 Å². The van der Waals surface area contributed by atoms with E-state index in [4.69, 9.17) is 0 Å². The van der Waals surface area contributed by atoms with Crippen molar-refractivity contribution in [3.63, 3.8) is 0 Å². The highest BCUT2D eigenvalue weighted by Crippen LogP contribution is 2.28. The van der Waals surface area contributed by atoms with E-state index in [0.29, 0.717) is 25.1 Å². The Kier molecular flexibility index (Phi) is 7.01. The van der Waals surface area contributed by atoms with Crippen molar-refractivity contribution < 1.29 is 9.59 Å². The number of rotatable bonds is 8. The number of nitrogens with zero attached hydrogens (tertiary/aromatic N) is 2. The summed E-state index contributed by atoms with van der Waals surface area (Å²) in [4.78, 5) is 36.8. The fourth-order valence-corrected chi connectivity index (χ4v) is 4.50. The quantitative estimate of drug-likeness (QED) is 0.350. The molecule has 0 aliphatic rings. The molecule has 2 amide bonds. The van der Waals surface area contributed by atoms with Gasteiger partial charge in [0.1, 0.15) is 11.2 Å². The number of nitrogens with one attached hydrogen (secondary N) is 2. The monoisotopic (exact) mass is 468 g/mol. The summed E-state index contributed by atoms with van der Waals surface area (Å²) in [6.45, 7) is 8.10. The molecule has 2 aromatic carbocycles. The lowest BCUT2D eigenvalue weighted by Crippen LogP contribution is -2.57. The van der Waals surface area contributed by atoms with Crippen LogP contribution in [0.15, 0.2) is 73.1 Å². The largest absolute Gasteiger partial charge is 0.361 e. The van der Waals surface area contributed by atoms with Crippen molar-refractivity contribution >= 4 is 28.4 Å². The number of anilines is 1. The zero-order valence-corrected chi connectivity index (χ0v) is 20.8. The number of fused-ring (bicyclic) bond motifs is 1. The number of amides is 2. The Morgan fingerprint density at radius 3 is 2.40 bits per heavy atom. The highest BCUT2D eigenvalue weighted by atomic mass is 16.2. The van der Waals surface area contributed by atoms with Crippen LogP contribution >= 0.6 is 0 Å². The molecule has 0 radical (unpaired) electrons. The van der Waals surface area contributed by atoms with E-state index >= 15 is 0 Å². The molecule has 35 heavy (non-hydrogen) atoms. The molecule has 2 N–H and O–H groups in total. The normalized spacial score (nSPS) is 12.8. The molecule has 0 bridgehead atoms. The van der Waals surface area contributed by atoms with Gasteiger partial charge >= 0.3 is 0 Å². The van der Waals surface area contributed by atoms with E-state index in [1.165, 1.54) is 0 Å². The average molecular weight is 469 g/mol. The summed E-state index contributed by atoms with van der Waals surface area (Å²) in [7, 11) is 0. The third-order valence-electron chi connectivity index (χ3n) is 6.90. The molecule has 0 saturated heterocycles. The Bertz CT molecular complexity index is 1330. The zero-order chi connectivity index (χ0) is 25.0. The molecule has 0 unspecified atom stereocenters. The van der Waals surface area contributed by atoms with Gasteiger partial charge in [0.15, 0.2) is 0 Å². The van der Waals surface area contributed by atoms with Gasteiger partial charge in [-0.2, -0.15) is 0 Å². The number of carbonyl (C=O) groups excluding carboxylic acids is 2. The number of aryl methyl sites for hydroxylation is 2. The number of aromatic amines is 1. The molecule has 0 aliphatic carbocycles. The van der Waals surface area contributed by atoms with Gasteiger partial charge < -0.3 is 15.2 Å². The highest BCUT2D eigenvalue weighted by Gasteiger charge is 2.41. The van der Waals surface area contributed by atoms with Crippen LogP contribution in [0.2, 0.25) is 0 Å². The van der Waals surface area contributed by atoms with Gasteiger partial charge in [0.05, 0.1) is 0 Å². The Morgan fingerprint density at radius 1 is 1.00 bits per heavy atom. The second-order valence-electron chi connectivity index (χ2n) is 9.13. The lowest BCUT2D eigenvalue weighted by molar-refractivity contribution is -0.126. The molecule has 2 heterocycles. The van der Waals surface area contributed by atoms with Crippen molar-refractivity contribution in [2.24, 2.45) is 0 Å². The smallest absolute Gasteiger partial charge is 0.273 e. The van der Waals surface area contributed by atoms with Gasteiger partial charge in [-0.25, -0.2) is 0 Å². The van der Waals surface area contributed by atoms with E-state index in [0.717, 1.165) is 33.3 Å². The topological polar surface area (TPSA) is 78.1 Å². The minimum atomic E-state index is -1.07. The fourth-order valence-electron chi connectivity index (χ4n) is 4.50. The van der Waals surface area contributed by atoms with Crippen molar-refractivity contribution in [1.29, 1.82) is 0 Å². The van der Waals surface area contributed by atoms with E-state index in [2.05, 4.69) is 21.4 Å². The third kappa shape index (κ3) is 4.83. The van der Waals surface area contributed by atoms with Crippen molar-refractivity contribution in [3.8, 4) is 0 Å². The van der Waals surface area contributed by atoms with Crippen LogP contribution in [0.5, 0.6) is 0 Å². The SMILES string of the molecule is CC[C@](C)(C(=O)Nc1c(C)cccc1C)N(CCc1c[nH]c2ccccc12)C(=O)c1ccccn1. The van der Waals surface area contributed by atoms with Crippen LogP contribution in [0.3, 0.4) is 0 Å². The standard InChI is InChI=1S/C29H32N4O2/c1-5-29(4,28(35)32-26-20(2)11-10-12-21(26)3)33(27(34)25-15-8-9-17-30-25)18-16-22-19-31-24-14-7-6-13-23(22)24/h6-15,17,19,31H,5,16,18H2,1-4H3,(H,32,35)/t29-/m1/s1. The predicted octanol–water partition coefficient (Wildman–Crippen LogP) is 5.67. The predicted molar refractivity (Wildman–Crippen MR) is 141 cm³/mol. The minimum absolute atomic E-state index is 0.208. The van der Waals surface area contributed by atoms with Crippen LogP contribution in [0, 0.1) is 13.8 Å². The number of para-hydroxylation sites is 2. The first-order valence-electron chi connectivity index (χ1n) is 12.0. The maximum Gasteiger partial charge on any atom is 0.273 e. The molecule has 0 aliphatic heterocycles. The van der Waals surface area contributed by atoms with Crippen LogP contribution in [0.25, 0.3) is 10.9 Å². The first-order valence-corrected chi connectivity index (χ1v) is 12.0. The van der Waals surface area contributed by atoms with Gasteiger partial charge in [0.2, 0.25) is 5.91 Å². The van der Waals surface area contributed by atoms with E-state index in [9.17, 15) is 9.59 Å². The van der Waals surface area contributed by atoms with E-state index in [-0.39, 0.29) is 11.8 Å². The Hall–Kier alpha value is -3.93. The van der Waals surface area contributed by atoms with Gasteiger partial charge in [-0.15, -0.1) is 0 Å². The van der Waals surface area contributed by atoms with Gasteiger partial charge in [-0.3, -0.25) is 14.6 Å². The second kappa shape index (κ2) is 10.1. The summed E-state index contributed by atoms with van der Waals surface area (Å²) in [5.74, 6) is -0.466. The van der Waals surface area contributed by atoms with Crippen LogP contribution in [-0.2, 0) is 11.2 Å². The summed E-state index contributed by atoms with van der Waals surface area (Å²) >= 11 is 0. The van der Waals surface area contributed by atoms with Crippen molar-refractivity contribution in [2.45, 2.75) is 46.1 Å². The van der Waals surface area contributed by atoms with Crippen LogP contribution in [-0.4, -0.2) is 38.8 Å². The number of hydrogen-bond acceptors (Lipinski definition) is 3. The molecule has 0 saturated carbocycles. The van der Waals surface area contributed by atoms with Gasteiger partial charge in [-0.1, -0.05) is 49.4 Å². The second-order valence-corrected chi connectivity index (χ2v) is 9.13. The van der Waals surface area contributed by atoms with Crippen LogP contribution in [0.4, 0.5) is 5.69 Å². The molecule has 180 valence electrons.